The van der Waals surface area contributed by atoms with Crippen LogP contribution in [0.25, 0.3) is 11.3 Å². The van der Waals surface area contributed by atoms with E-state index in [0.717, 1.165) is 54.3 Å². The lowest BCUT2D eigenvalue weighted by Gasteiger charge is -2.11. The Bertz CT molecular complexity index is 944. The van der Waals surface area contributed by atoms with E-state index in [1.54, 1.807) is 6.07 Å². The van der Waals surface area contributed by atoms with Gasteiger partial charge in [-0.3, -0.25) is 4.79 Å². The molecule has 6 heteroatoms. The summed E-state index contributed by atoms with van der Waals surface area (Å²) in [6.07, 6.45) is 7.70. The number of hydrogen-bond donors (Lipinski definition) is 1. The molecule has 1 saturated carbocycles. The first-order valence-corrected chi connectivity index (χ1v) is 9.21. The molecule has 2 aliphatic rings. The van der Waals surface area contributed by atoms with Crippen LogP contribution in [0.3, 0.4) is 0 Å². The van der Waals surface area contributed by atoms with Crippen molar-refractivity contribution in [2.24, 2.45) is 0 Å². The molecule has 0 radical (unpaired) electrons. The number of fused-ring (bicyclic) bond motifs is 1. The summed E-state index contributed by atoms with van der Waals surface area (Å²) < 4.78 is 7.51. The van der Waals surface area contributed by atoms with Crippen LogP contribution in [0.4, 0.5) is 5.69 Å². The highest BCUT2D eigenvalue weighted by Gasteiger charge is 2.29. The number of carbonyl (C=O) groups is 1. The highest BCUT2D eigenvalue weighted by atomic mass is 16.5. The third-order valence-electron chi connectivity index (χ3n) is 5.10. The number of nitrogens with zero attached hydrogens (tertiary/aromatic N) is 3. The fourth-order valence-corrected chi connectivity index (χ4v) is 3.50. The normalized spacial score (nSPS) is 16.3. The number of anilines is 1. The molecule has 0 spiro atoms. The molecule has 0 unspecified atom stereocenters. The average Bonchev–Trinajstić information content (AvgIpc) is 3.23. The second-order valence-corrected chi connectivity index (χ2v) is 7.08. The predicted molar refractivity (Wildman–Crippen MR) is 97.0 cm³/mol. The Hall–Kier alpha value is -2.89. The zero-order chi connectivity index (χ0) is 17.5. The van der Waals surface area contributed by atoms with E-state index in [1.807, 2.05) is 24.3 Å². The predicted octanol–water partition coefficient (Wildman–Crippen LogP) is 4.00. The number of benzene rings is 1. The van der Waals surface area contributed by atoms with Crippen molar-refractivity contribution in [3.05, 3.63) is 53.8 Å². The lowest BCUT2D eigenvalue weighted by molar-refractivity contribution is 0.101. The summed E-state index contributed by atoms with van der Waals surface area (Å²) in [4.78, 5) is 17.4. The summed E-state index contributed by atoms with van der Waals surface area (Å²) in [5, 5.41) is 6.89. The smallest absolute Gasteiger partial charge is 0.277 e. The van der Waals surface area contributed by atoms with Gasteiger partial charge in [0.2, 0.25) is 0 Å². The lowest BCUT2D eigenvalue weighted by Crippen LogP contribution is -2.13. The monoisotopic (exact) mass is 348 g/mol. The van der Waals surface area contributed by atoms with Gasteiger partial charge in [0.25, 0.3) is 5.91 Å². The molecule has 0 saturated heterocycles. The van der Waals surface area contributed by atoms with Crippen molar-refractivity contribution in [1.29, 1.82) is 0 Å². The molecule has 3 aromatic rings. The van der Waals surface area contributed by atoms with Gasteiger partial charge < -0.3 is 14.4 Å². The van der Waals surface area contributed by atoms with E-state index in [2.05, 4.69) is 21.2 Å². The molecule has 26 heavy (non-hydrogen) atoms. The SMILES string of the molecule is O=C(Nc1ccccc1-c1cn2c(n1)CCCC2)c1cc(C2CC2)on1. The maximum absolute atomic E-state index is 12.6. The topological polar surface area (TPSA) is 73.0 Å². The summed E-state index contributed by atoms with van der Waals surface area (Å²) in [6.45, 7) is 1.01. The number of aromatic nitrogens is 3. The molecule has 1 N–H and O–H groups in total. The van der Waals surface area contributed by atoms with Gasteiger partial charge in [-0.05, 0) is 31.7 Å². The zero-order valence-corrected chi connectivity index (χ0v) is 14.4. The van der Waals surface area contributed by atoms with Crippen LogP contribution < -0.4 is 5.32 Å². The molecule has 132 valence electrons. The minimum Gasteiger partial charge on any atom is -0.360 e. The second-order valence-electron chi connectivity index (χ2n) is 7.08. The van der Waals surface area contributed by atoms with Crippen molar-refractivity contribution >= 4 is 11.6 Å². The summed E-state index contributed by atoms with van der Waals surface area (Å²) in [6, 6.07) is 9.51. The van der Waals surface area contributed by atoms with Crippen LogP contribution in [-0.4, -0.2) is 20.6 Å². The Morgan fingerprint density at radius 2 is 2.12 bits per heavy atom. The molecule has 1 aromatic carbocycles. The van der Waals surface area contributed by atoms with Crippen LogP contribution in [0, 0.1) is 0 Å². The summed E-state index contributed by atoms with van der Waals surface area (Å²) >= 11 is 0. The van der Waals surface area contributed by atoms with Gasteiger partial charge in [-0.25, -0.2) is 4.98 Å². The molecule has 0 bridgehead atoms. The molecular formula is C20H20N4O2. The fraction of sp³-hybridized carbons (Fsp3) is 0.350. The third-order valence-corrected chi connectivity index (χ3v) is 5.10. The highest BCUT2D eigenvalue weighted by molar-refractivity contribution is 6.04. The Morgan fingerprint density at radius 1 is 1.23 bits per heavy atom. The number of hydrogen-bond acceptors (Lipinski definition) is 4. The molecular weight excluding hydrogens is 328 g/mol. The maximum atomic E-state index is 12.6. The summed E-state index contributed by atoms with van der Waals surface area (Å²) in [5.74, 6) is 2.12. The number of nitrogens with one attached hydrogen (secondary N) is 1. The van der Waals surface area contributed by atoms with E-state index in [9.17, 15) is 4.79 Å². The Morgan fingerprint density at radius 3 is 2.96 bits per heavy atom. The molecule has 3 heterocycles. The maximum Gasteiger partial charge on any atom is 0.277 e. The van der Waals surface area contributed by atoms with Crippen LogP contribution in [0.2, 0.25) is 0 Å². The van der Waals surface area contributed by atoms with Gasteiger partial charge in [0.1, 0.15) is 11.6 Å². The van der Waals surface area contributed by atoms with E-state index in [4.69, 9.17) is 9.51 Å². The number of carbonyl (C=O) groups excluding carboxylic acids is 1. The van der Waals surface area contributed by atoms with Crippen molar-refractivity contribution in [3.63, 3.8) is 0 Å². The van der Waals surface area contributed by atoms with Crippen LogP contribution >= 0.6 is 0 Å². The van der Waals surface area contributed by atoms with Gasteiger partial charge in [-0.15, -0.1) is 0 Å². The molecule has 5 rings (SSSR count). The van der Waals surface area contributed by atoms with Crippen molar-refractivity contribution in [2.75, 3.05) is 5.32 Å². The molecule has 1 aliphatic carbocycles. The molecule has 1 aliphatic heterocycles. The van der Waals surface area contributed by atoms with Crippen molar-refractivity contribution in [3.8, 4) is 11.3 Å². The van der Waals surface area contributed by atoms with Crippen molar-refractivity contribution < 1.29 is 9.32 Å². The Balaban J connectivity index is 1.42. The minimum absolute atomic E-state index is 0.253. The molecule has 1 fully saturated rings. The summed E-state index contributed by atoms with van der Waals surface area (Å²) in [7, 11) is 0. The number of para-hydroxylation sites is 1. The largest absolute Gasteiger partial charge is 0.360 e. The Kier molecular flexibility index (Phi) is 3.62. The average molecular weight is 348 g/mol. The zero-order valence-electron chi connectivity index (χ0n) is 14.4. The van der Waals surface area contributed by atoms with Crippen LogP contribution in [0.1, 0.15) is 53.7 Å². The first-order valence-electron chi connectivity index (χ1n) is 9.21. The van der Waals surface area contributed by atoms with E-state index >= 15 is 0 Å². The number of amides is 1. The Labute approximate surface area is 151 Å². The fourth-order valence-electron chi connectivity index (χ4n) is 3.50. The second kappa shape index (κ2) is 6.12. The van der Waals surface area contributed by atoms with E-state index in [-0.39, 0.29) is 5.91 Å². The third kappa shape index (κ3) is 2.81. The van der Waals surface area contributed by atoms with Gasteiger partial charge in [0, 0.05) is 36.7 Å². The van der Waals surface area contributed by atoms with E-state index in [1.165, 1.54) is 12.8 Å². The minimum atomic E-state index is -0.253. The van der Waals surface area contributed by atoms with E-state index in [0.29, 0.717) is 11.6 Å². The van der Waals surface area contributed by atoms with Gasteiger partial charge in [0.15, 0.2) is 5.69 Å². The number of imidazole rings is 1. The molecule has 6 nitrogen and oxygen atoms in total. The number of rotatable bonds is 4. The first-order chi connectivity index (χ1) is 12.8. The lowest BCUT2D eigenvalue weighted by atomic mass is 10.1. The van der Waals surface area contributed by atoms with Crippen LogP contribution in [0.5, 0.6) is 0 Å². The quantitative estimate of drug-likeness (QED) is 0.773. The molecule has 2 aromatic heterocycles. The summed E-state index contributed by atoms with van der Waals surface area (Å²) in [5.41, 5.74) is 2.89. The number of aryl methyl sites for hydroxylation is 2. The van der Waals surface area contributed by atoms with Crippen molar-refractivity contribution in [2.45, 2.75) is 44.6 Å². The standard InChI is InChI=1S/C20H20N4O2/c25-20(16-11-18(26-23-16)13-8-9-13)22-15-6-2-1-5-14(15)17-12-24-10-4-3-7-19(24)21-17/h1-2,5-6,11-13H,3-4,7-10H2,(H,22,25). The van der Waals surface area contributed by atoms with Gasteiger partial charge in [0.05, 0.1) is 11.4 Å². The van der Waals surface area contributed by atoms with Crippen molar-refractivity contribution in [1.82, 2.24) is 14.7 Å². The van der Waals surface area contributed by atoms with Gasteiger partial charge >= 0.3 is 0 Å². The van der Waals surface area contributed by atoms with Crippen LogP contribution in [0.15, 0.2) is 41.1 Å². The van der Waals surface area contributed by atoms with Gasteiger partial charge in [-0.1, -0.05) is 23.4 Å². The molecule has 0 atom stereocenters. The van der Waals surface area contributed by atoms with E-state index < -0.39 is 0 Å². The van der Waals surface area contributed by atoms with Gasteiger partial charge in [-0.2, -0.15) is 0 Å². The highest BCUT2D eigenvalue weighted by Crippen LogP contribution is 2.40. The van der Waals surface area contributed by atoms with Crippen LogP contribution in [-0.2, 0) is 13.0 Å². The molecule has 1 amide bonds. The first kappa shape index (κ1) is 15.4.